The fraction of sp³-hybridized carbons (Fsp3) is 0.400. The zero-order valence-corrected chi connectivity index (χ0v) is 9.45. The maximum atomic E-state index is 8.60. The Morgan fingerprint density at radius 1 is 1.31 bits per heavy atom. The van der Waals surface area contributed by atoms with Gasteiger partial charge in [0.15, 0.2) is 0 Å². The highest BCUT2D eigenvalue weighted by atomic mass is 79.9. The van der Waals surface area contributed by atoms with Crippen LogP contribution in [-0.4, -0.2) is 18.3 Å². The van der Waals surface area contributed by atoms with Crippen molar-refractivity contribution in [2.75, 3.05) is 13.2 Å². The lowest BCUT2D eigenvalue weighted by Crippen LogP contribution is -2.21. The third kappa shape index (κ3) is 4.41. The van der Waals surface area contributed by atoms with E-state index in [9.17, 15) is 0 Å². The molecular weight excluding hydrogens is 230 g/mol. The molecule has 1 aromatic carbocycles. The summed E-state index contributed by atoms with van der Waals surface area (Å²) in [6.45, 7) is 2.93. The fourth-order valence-corrected chi connectivity index (χ4v) is 1.14. The van der Waals surface area contributed by atoms with Crippen molar-refractivity contribution in [2.24, 2.45) is 0 Å². The molecule has 3 heteroatoms. The first-order valence-electron chi connectivity index (χ1n) is 4.24. The van der Waals surface area contributed by atoms with Crippen molar-refractivity contribution in [1.82, 2.24) is 5.32 Å². The number of halogens is 1. The van der Waals surface area contributed by atoms with E-state index >= 15 is 0 Å². The van der Waals surface area contributed by atoms with Crippen LogP contribution in [0.5, 0.6) is 0 Å². The van der Waals surface area contributed by atoms with Gasteiger partial charge in [-0.3, -0.25) is 0 Å². The average Bonchev–Trinajstić information content (AvgIpc) is 2.15. The molecule has 0 unspecified atom stereocenters. The number of hydrogen-bond donors (Lipinski definition) is 2. The Bertz CT molecular complexity index is 215. The van der Waals surface area contributed by atoms with Gasteiger partial charge < -0.3 is 10.4 Å². The van der Waals surface area contributed by atoms with Crippen LogP contribution < -0.4 is 5.32 Å². The van der Waals surface area contributed by atoms with E-state index in [1.807, 2.05) is 18.2 Å². The second-order valence-corrected chi connectivity index (χ2v) is 2.81. The monoisotopic (exact) mass is 245 g/mol. The molecule has 0 heterocycles. The first-order valence-corrected chi connectivity index (χ1v) is 4.24. The van der Waals surface area contributed by atoms with Gasteiger partial charge in [0.25, 0.3) is 0 Å². The van der Waals surface area contributed by atoms with Gasteiger partial charge in [-0.2, -0.15) is 0 Å². The first-order chi connectivity index (χ1) is 5.84. The van der Waals surface area contributed by atoms with Gasteiger partial charge in [0.2, 0.25) is 0 Å². The molecule has 1 rings (SSSR count). The van der Waals surface area contributed by atoms with Gasteiger partial charge in [0.05, 0.1) is 6.61 Å². The summed E-state index contributed by atoms with van der Waals surface area (Å²) in [5.41, 5.74) is 1.26. The van der Waals surface area contributed by atoms with Gasteiger partial charge in [-0.15, -0.1) is 17.0 Å². The Hall–Kier alpha value is -0.380. The van der Waals surface area contributed by atoms with Gasteiger partial charge in [-0.1, -0.05) is 30.3 Å². The van der Waals surface area contributed by atoms with Crippen LogP contribution in [-0.2, 0) is 0 Å². The van der Waals surface area contributed by atoms with Gasteiger partial charge in [-0.05, 0) is 12.5 Å². The van der Waals surface area contributed by atoms with E-state index in [0.717, 1.165) is 0 Å². The Morgan fingerprint density at radius 3 is 2.46 bits per heavy atom. The summed E-state index contributed by atoms with van der Waals surface area (Å²) in [4.78, 5) is 0. The first kappa shape index (κ1) is 12.6. The van der Waals surface area contributed by atoms with E-state index in [1.54, 1.807) is 0 Å². The zero-order valence-electron chi connectivity index (χ0n) is 7.73. The van der Waals surface area contributed by atoms with E-state index in [1.165, 1.54) is 5.56 Å². The number of aliphatic hydroxyl groups excluding tert-OH is 1. The standard InChI is InChI=1S/C10H15NO.BrH/c1-9(11-7-8-12)10-5-3-2-4-6-10;/h2-6,9,11-12H,7-8H2,1H3;1H/t9-;/m1./s1. The molecule has 1 atom stereocenters. The fourth-order valence-electron chi connectivity index (χ4n) is 1.14. The van der Waals surface area contributed by atoms with Gasteiger partial charge >= 0.3 is 0 Å². The Balaban J connectivity index is 0.00000144. The number of rotatable bonds is 4. The summed E-state index contributed by atoms with van der Waals surface area (Å²) in [5.74, 6) is 0. The molecule has 0 spiro atoms. The average molecular weight is 246 g/mol. The molecule has 13 heavy (non-hydrogen) atoms. The maximum Gasteiger partial charge on any atom is 0.0556 e. The van der Waals surface area contributed by atoms with Crippen LogP contribution in [0.4, 0.5) is 0 Å². The van der Waals surface area contributed by atoms with Crippen LogP contribution in [0.1, 0.15) is 18.5 Å². The summed E-state index contributed by atoms with van der Waals surface area (Å²) < 4.78 is 0. The van der Waals surface area contributed by atoms with Crippen molar-refractivity contribution in [3.63, 3.8) is 0 Å². The molecule has 0 radical (unpaired) electrons. The summed E-state index contributed by atoms with van der Waals surface area (Å²) in [5, 5.41) is 11.8. The van der Waals surface area contributed by atoms with Crippen LogP contribution in [0.15, 0.2) is 30.3 Å². The third-order valence-corrected chi connectivity index (χ3v) is 1.86. The van der Waals surface area contributed by atoms with Crippen molar-refractivity contribution in [3.05, 3.63) is 35.9 Å². The predicted octanol–water partition coefficient (Wildman–Crippen LogP) is 1.91. The summed E-state index contributed by atoms with van der Waals surface area (Å²) >= 11 is 0. The minimum Gasteiger partial charge on any atom is -0.395 e. The maximum absolute atomic E-state index is 8.60. The van der Waals surface area contributed by atoms with E-state index in [4.69, 9.17) is 5.11 Å². The molecule has 2 nitrogen and oxygen atoms in total. The number of nitrogens with one attached hydrogen (secondary N) is 1. The Kier molecular flexibility index (Phi) is 6.86. The lowest BCUT2D eigenvalue weighted by Gasteiger charge is -2.12. The topological polar surface area (TPSA) is 32.3 Å². The normalized spacial score (nSPS) is 11.8. The highest BCUT2D eigenvalue weighted by molar-refractivity contribution is 8.93. The van der Waals surface area contributed by atoms with Crippen molar-refractivity contribution >= 4 is 17.0 Å². The van der Waals surface area contributed by atoms with Crippen molar-refractivity contribution < 1.29 is 5.11 Å². The molecule has 0 amide bonds. The third-order valence-electron chi connectivity index (χ3n) is 1.86. The van der Waals surface area contributed by atoms with Crippen LogP contribution in [0.2, 0.25) is 0 Å². The molecule has 1 aromatic rings. The second-order valence-electron chi connectivity index (χ2n) is 2.81. The summed E-state index contributed by atoms with van der Waals surface area (Å²) in [6.07, 6.45) is 0. The molecule has 0 saturated heterocycles. The van der Waals surface area contributed by atoms with Crippen molar-refractivity contribution in [1.29, 1.82) is 0 Å². The molecule has 0 saturated carbocycles. The summed E-state index contributed by atoms with van der Waals surface area (Å²) in [6, 6.07) is 10.5. The Labute approximate surface area is 89.7 Å². The highest BCUT2D eigenvalue weighted by Crippen LogP contribution is 2.09. The van der Waals surface area contributed by atoms with Crippen LogP contribution >= 0.6 is 17.0 Å². The smallest absolute Gasteiger partial charge is 0.0556 e. The number of hydrogen-bond acceptors (Lipinski definition) is 2. The molecule has 74 valence electrons. The van der Waals surface area contributed by atoms with Crippen LogP contribution in [0.3, 0.4) is 0 Å². The lowest BCUT2D eigenvalue weighted by molar-refractivity contribution is 0.286. The molecule has 0 bridgehead atoms. The van der Waals surface area contributed by atoms with E-state index < -0.39 is 0 Å². The number of aliphatic hydroxyl groups is 1. The van der Waals surface area contributed by atoms with Crippen LogP contribution in [0, 0.1) is 0 Å². The molecule has 0 aromatic heterocycles. The lowest BCUT2D eigenvalue weighted by atomic mass is 10.1. The van der Waals surface area contributed by atoms with Gasteiger partial charge in [0, 0.05) is 12.6 Å². The largest absolute Gasteiger partial charge is 0.395 e. The van der Waals surface area contributed by atoms with Crippen molar-refractivity contribution in [2.45, 2.75) is 13.0 Å². The summed E-state index contributed by atoms with van der Waals surface area (Å²) in [7, 11) is 0. The molecule has 0 aliphatic carbocycles. The van der Waals surface area contributed by atoms with E-state index in [2.05, 4.69) is 24.4 Å². The zero-order chi connectivity index (χ0) is 8.81. The van der Waals surface area contributed by atoms with E-state index in [-0.39, 0.29) is 23.6 Å². The number of benzene rings is 1. The van der Waals surface area contributed by atoms with Gasteiger partial charge in [-0.25, -0.2) is 0 Å². The highest BCUT2D eigenvalue weighted by Gasteiger charge is 2.01. The minimum absolute atomic E-state index is 0. The second kappa shape index (κ2) is 7.06. The molecule has 0 fully saturated rings. The minimum atomic E-state index is 0. The quantitative estimate of drug-likeness (QED) is 0.850. The van der Waals surface area contributed by atoms with Gasteiger partial charge in [0.1, 0.15) is 0 Å². The molecule has 2 N–H and O–H groups in total. The molecule has 0 aliphatic rings. The Morgan fingerprint density at radius 2 is 1.92 bits per heavy atom. The predicted molar refractivity (Wildman–Crippen MR) is 60.3 cm³/mol. The SMILES string of the molecule is Br.C[C@@H](NCCO)c1ccccc1. The van der Waals surface area contributed by atoms with Crippen molar-refractivity contribution in [3.8, 4) is 0 Å². The van der Waals surface area contributed by atoms with E-state index in [0.29, 0.717) is 12.6 Å². The van der Waals surface area contributed by atoms with Crippen LogP contribution in [0.25, 0.3) is 0 Å². The molecule has 0 aliphatic heterocycles. The molecular formula is C10H16BrNO.